The van der Waals surface area contributed by atoms with Crippen LogP contribution in [0.1, 0.15) is 6.92 Å². The molecule has 0 bridgehead atoms. The predicted octanol–water partition coefficient (Wildman–Crippen LogP) is 3.52. The minimum absolute atomic E-state index is 0.207. The van der Waals surface area contributed by atoms with E-state index in [1.165, 1.54) is 6.07 Å². The van der Waals surface area contributed by atoms with Gasteiger partial charge in [-0.3, -0.25) is 4.99 Å². The largest absolute Gasteiger partial charge is 0.321 e. The number of aliphatic imine (C=N–C) groups is 1. The van der Waals surface area contributed by atoms with Crippen molar-refractivity contribution in [3.05, 3.63) is 30.1 Å². The molecular weight excluding hydrogens is 303 g/mol. The molecule has 0 spiro atoms. The van der Waals surface area contributed by atoms with Crippen molar-refractivity contribution in [1.82, 2.24) is 0 Å². The molecule has 0 saturated heterocycles. The Morgan fingerprint density at radius 1 is 1.59 bits per heavy atom. The van der Waals surface area contributed by atoms with Gasteiger partial charge in [-0.1, -0.05) is 33.8 Å². The van der Waals surface area contributed by atoms with E-state index in [9.17, 15) is 4.39 Å². The Morgan fingerprint density at radius 3 is 3.00 bits per heavy atom. The Morgan fingerprint density at radius 2 is 2.41 bits per heavy atom. The van der Waals surface area contributed by atoms with Crippen LogP contribution in [0.15, 0.2) is 29.3 Å². The van der Waals surface area contributed by atoms with Gasteiger partial charge in [-0.2, -0.15) is 0 Å². The van der Waals surface area contributed by atoms with E-state index >= 15 is 0 Å². The van der Waals surface area contributed by atoms with Crippen LogP contribution in [-0.2, 0) is 0 Å². The summed E-state index contributed by atoms with van der Waals surface area (Å²) in [4.78, 5) is 6.57. The third kappa shape index (κ3) is 3.01. The summed E-state index contributed by atoms with van der Waals surface area (Å²) >= 11 is 5.22. The minimum Gasteiger partial charge on any atom is -0.321 e. The number of thioether (sulfide) groups is 1. The third-order valence-electron chi connectivity index (χ3n) is 2.54. The molecule has 0 aromatic heterocycles. The molecule has 5 heteroatoms. The standard InChI is InChI=1S/C12H14BrFN2S/c1-2-16(10-5-3-4-9(14)6-10)12-15-8-11(7-13)17-12/h3-6,11H,2,7-8H2,1H3. The fourth-order valence-electron chi connectivity index (χ4n) is 1.71. The first-order valence-corrected chi connectivity index (χ1v) is 7.55. The number of amidine groups is 1. The number of rotatable bonds is 3. The molecule has 1 heterocycles. The average molecular weight is 317 g/mol. The number of benzene rings is 1. The van der Waals surface area contributed by atoms with Crippen LogP contribution < -0.4 is 4.90 Å². The van der Waals surface area contributed by atoms with E-state index in [0.717, 1.165) is 29.3 Å². The van der Waals surface area contributed by atoms with Gasteiger partial charge in [0.05, 0.1) is 6.54 Å². The second-order valence-corrected chi connectivity index (χ2v) is 5.66. The molecule has 2 nitrogen and oxygen atoms in total. The van der Waals surface area contributed by atoms with E-state index in [1.54, 1.807) is 23.9 Å². The lowest BCUT2D eigenvalue weighted by molar-refractivity contribution is 0.628. The Labute approximate surface area is 113 Å². The highest BCUT2D eigenvalue weighted by Gasteiger charge is 2.23. The van der Waals surface area contributed by atoms with Crippen LogP contribution >= 0.6 is 27.7 Å². The first kappa shape index (κ1) is 12.9. The lowest BCUT2D eigenvalue weighted by Crippen LogP contribution is -2.27. The van der Waals surface area contributed by atoms with Gasteiger partial charge in [0.15, 0.2) is 5.17 Å². The summed E-state index contributed by atoms with van der Waals surface area (Å²) in [5.41, 5.74) is 0.869. The van der Waals surface area contributed by atoms with E-state index in [-0.39, 0.29) is 5.82 Å². The summed E-state index contributed by atoms with van der Waals surface area (Å²) in [6, 6.07) is 6.66. The van der Waals surface area contributed by atoms with E-state index in [2.05, 4.69) is 32.7 Å². The fraction of sp³-hybridized carbons (Fsp3) is 0.417. The highest BCUT2D eigenvalue weighted by molar-refractivity contribution is 9.09. The van der Waals surface area contributed by atoms with Crippen LogP contribution in [0.2, 0.25) is 0 Å². The molecule has 1 aromatic rings. The lowest BCUT2D eigenvalue weighted by atomic mass is 10.3. The van der Waals surface area contributed by atoms with E-state index < -0.39 is 0 Å². The lowest BCUT2D eigenvalue weighted by Gasteiger charge is -2.22. The second-order valence-electron chi connectivity index (χ2n) is 3.74. The molecule has 92 valence electrons. The molecule has 1 aliphatic rings. The first-order chi connectivity index (χ1) is 8.24. The van der Waals surface area contributed by atoms with E-state index in [0.29, 0.717) is 5.25 Å². The molecular formula is C12H14BrFN2S. The SMILES string of the molecule is CCN(C1=NCC(CBr)S1)c1cccc(F)c1. The molecule has 17 heavy (non-hydrogen) atoms. The van der Waals surface area contributed by atoms with Crippen LogP contribution in [0.4, 0.5) is 10.1 Å². The zero-order valence-corrected chi connectivity index (χ0v) is 12.0. The van der Waals surface area contributed by atoms with E-state index in [4.69, 9.17) is 0 Å². The van der Waals surface area contributed by atoms with Crippen molar-refractivity contribution in [3.8, 4) is 0 Å². The number of nitrogens with zero attached hydrogens (tertiary/aromatic N) is 2. The summed E-state index contributed by atoms with van der Waals surface area (Å²) in [6.07, 6.45) is 0. The van der Waals surface area contributed by atoms with Crippen LogP contribution in [0, 0.1) is 5.82 Å². The molecule has 0 amide bonds. The van der Waals surface area contributed by atoms with Crippen molar-refractivity contribution < 1.29 is 4.39 Å². The quantitative estimate of drug-likeness (QED) is 0.793. The summed E-state index contributed by atoms with van der Waals surface area (Å²) in [6.45, 7) is 3.68. The zero-order chi connectivity index (χ0) is 12.3. The summed E-state index contributed by atoms with van der Waals surface area (Å²) in [5.74, 6) is -0.207. The van der Waals surface area contributed by atoms with Gasteiger partial charge in [0.1, 0.15) is 5.82 Å². The van der Waals surface area contributed by atoms with Gasteiger partial charge in [-0.05, 0) is 25.1 Å². The van der Waals surface area contributed by atoms with Crippen molar-refractivity contribution >= 4 is 38.5 Å². The van der Waals surface area contributed by atoms with Crippen LogP contribution in [0.25, 0.3) is 0 Å². The van der Waals surface area contributed by atoms with E-state index in [1.807, 2.05) is 6.07 Å². The minimum atomic E-state index is -0.207. The number of halogens is 2. The zero-order valence-electron chi connectivity index (χ0n) is 9.57. The molecule has 0 fully saturated rings. The predicted molar refractivity (Wildman–Crippen MR) is 76.9 cm³/mol. The molecule has 0 N–H and O–H groups in total. The fourth-order valence-corrected chi connectivity index (χ4v) is 3.33. The highest BCUT2D eigenvalue weighted by Crippen LogP contribution is 2.28. The third-order valence-corrected chi connectivity index (χ3v) is 4.96. The van der Waals surface area contributed by atoms with Gasteiger partial charge in [0, 0.05) is 22.8 Å². The molecule has 2 rings (SSSR count). The molecule has 1 aromatic carbocycles. The first-order valence-electron chi connectivity index (χ1n) is 5.54. The van der Waals surface area contributed by atoms with Gasteiger partial charge in [0.2, 0.25) is 0 Å². The number of alkyl halides is 1. The maximum Gasteiger partial charge on any atom is 0.164 e. The van der Waals surface area contributed by atoms with Gasteiger partial charge >= 0.3 is 0 Å². The summed E-state index contributed by atoms with van der Waals surface area (Å²) in [5, 5.41) is 2.42. The molecule has 0 saturated carbocycles. The van der Waals surface area contributed by atoms with Crippen molar-refractivity contribution in [2.75, 3.05) is 23.3 Å². The van der Waals surface area contributed by atoms with Crippen molar-refractivity contribution in [3.63, 3.8) is 0 Å². The van der Waals surface area contributed by atoms with Gasteiger partial charge in [-0.25, -0.2) is 4.39 Å². The van der Waals surface area contributed by atoms with Crippen molar-refractivity contribution in [1.29, 1.82) is 0 Å². The van der Waals surface area contributed by atoms with Crippen molar-refractivity contribution in [2.24, 2.45) is 4.99 Å². The molecule has 1 unspecified atom stereocenters. The average Bonchev–Trinajstić information content (AvgIpc) is 2.79. The Balaban J connectivity index is 2.17. The number of hydrogen-bond acceptors (Lipinski definition) is 3. The van der Waals surface area contributed by atoms with Crippen molar-refractivity contribution in [2.45, 2.75) is 12.2 Å². The summed E-state index contributed by atoms with van der Waals surface area (Å²) < 4.78 is 13.2. The highest BCUT2D eigenvalue weighted by atomic mass is 79.9. The second kappa shape index (κ2) is 5.87. The number of hydrogen-bond donors (Lipinski definition) is 0. The monoisotopic (exact) mass is 316 g/mol. The van der Waals surface area contributed by atoms with Crippen LogP contribution in [0.5, 0.6) is 0 Å². The topological polar surface area (TPSA) is 15.6 Å². The maximum atomic E-state index is 13.2. The molecule has 0 radical (unpaired) electrons. The maximum absolute atomic E-state index is 13.2. The Hall–Kier alpha value is -0.550. The molecule has 1 aliphatic heterocycles. The van der Waals surface area contributed by atoms with Crippen LogP contribution in [0.3, 0.4) is 0 Å². The normalized spacial score (nSPS) is 19.2. The Kier molecular flexibility index (Phi) is 4.45. The summed E-state index contributed by atoms with van der Waals surface area (Å²) in [7, 11) is 0. The molecule has 0 aliphatic carbocycles. The van der Waals surface area contributed by atoms with Gasteiger partial charge < -0.3 is 4.90 Å². The smallest absolute Gasteiger partial charge is 0.164 e. The van der Waals surface area contributed by atoms with Crippen LogP contribution in [-0.4, -0.2) is 28.8 Å². The Bertz CT molecular complexity index is 425. The van der Waals surface area contributed by atoms with Gasteiger partial charge in [0.25, 0.3) is 0 Å². The number of anilines is 1. The molecule has 1 atom stereocenters. The van der Waals surface area contributed by atoms with Gasteiger partial charge in [-0.15, -0.1) is 0 Å².